The summed E-state index contributed by atoms with van der Waals surface area (Å²) in [6.07, 6.45) is 4.51. The zero-order valence-corrected chi connectivity index (χ0v) is 15.1. The van der Waals surface area contributed by atoms with Gasteiger partial charge in [-0.25, -0.2) is 4.39 Å². The molecule has 2 amide bonds. The highest BCUT2D eigenvalue weighted by molar-refractivity contribution is 6.08. The summed E-state index contributed by atoms with van der Waals surface area (Å²) in [7, 11) is 0. The Bertz CT molecular complexity index is 1030. The predicted molar refractivity (Wildman–Crippen MR) is 107 cm³/mol. The van der Waals surface area contributed by atoms with Crippen LogP contribution in [0, 0.1) is 12.7 Å². The van der Waals surface area contributed by atoms with E-state index in [1.54, 1.807) is 24.3 Å². The summed E-state index contributed by atoms with van der Waals surface area (Å²) >= 11 is 0. The lowest BCUT2D eigenvalue weighted by Crippen LogP contribution is -2.16. The van der Waals surface area contributed by atoms with Crippen LogP contribution < -0.4 is 10.6 Å². The third kappa shape index (κ3) is 5.11. The zero-order valence-electron chi connectivity index (χ0n) is 15.1. The van der Waals surface area contributed by atoms with Crippen LogP contribution in [0.1, 0.15) is 21.6 Å². The number of amides is 2. The van der Waals surface area contributed by atoms with Gasteiger partial charge in [-0.1, -0.05) is 35.9 Å². The maximum absolute atomic E-state index is 13.7. The van der Waals surface area contributed by atoms with Crippen molar-refractivity contribution in [2.45, 2.75) is 6.92 Å². The number of anilines is 2. The van der Waals surface area contributed by atoms with E-state index in [-0.39, 0.29) is 17.1 Å². The number of nitrogens with zero attached hydrogens (tertiary/aromatic N) is 1. The lowest BCUT2D eigenvalue weighted by atomic mass is 10.1. The molecule has 0 saturated heterocycles. The first-order chi connectivity index (χ1) is 13.5. The van der Waals surface area contributed by atoms with Gasteiger partial charge in [0.25, 0.3) is 5.91 Å². The van der Waals surface area contributed by atoms with Gasteiger partial charge < -0.3 is 10.6 Å². The van der Waals surface area contributed by atoms with Crippen LogP contribution in [0.2, 0.25) is 0 Å². The van der Waals surface area contributed by atoms with E-state index in [0.717, 1.165) is 17.2 Å². The van der Waals surface area contributed by atoms with Crippen molar-refractivity contribution in [1.29, 1.82) is 0 Å². The number of hydrogen-bond acceptors (Lipinski definition) is 3. The average Bonchev–Trinajstić information content (AvgIpc) is 2.69. The Balaban J connectivity index is 1.75. The monoisotopic (exact) mass is 375 g/mol. The van der Waals surface area contributed by atoms with Crippen LogP contribution in [-0.2, 0) is 4.79 Å². The van der Waals surface area contributed by atoms with Crippen molar-refractivity contribution in [1.82, 2.24) is 4.98 Å². The minimum Gasteiger partial charge on any atom is -0.321 e. The second kappa shape index (κ2) is 8.73. The maximum Gasteiger partial charge on any atom is 0.274 e. The third-order valence-corrected chi connectivity index (χ3v) is 3.85. The molecule has 28 heavy (non-hydrogen) atoms. The van der Waals surface area contributed by atoms with Crippen LogP contribution in [0.5, 0.6) is 0 Å². The molecule has 6 heteroatoms. The number of carbonyl (C=O) groups excluding carboxylic acids is 2. The first-order valence-corrected chi connectivity index (χ1v) is 8.59. The molecular formula is C22H18FN3O2. The number of rotatable bonds is 5. The lowest BCUT2D eigenvalue weighted by molar-refractivity contribution is -0.111. The van der Waals surface area contributed by atoms with Gasteiger partial charge in [-0.15, -0.1) is 0 Å². The molecule has 5 nitrogen and oxygen atoms in total. The van der Waals surface area contributed by atoms with Crippen molar-refractivity contribution in [2.24, 2.45) is 0 Å². The standard InChI is InChI=1S/C22H18FN3O2/c1-15-5-4-6-16(13-15)8-11-21(27)25-20-14-17(23)9-10-18(20)26-22(28)19-7-2-3-12-24-19/h2-14H,1H3,(H,25,27)(H,26,28)/b11-8+. The Morgan fingerprint density at radius 1 is 0.964 bits per heavy atom. The van der Waals surface area contributed by atoms with E-state index in [2.05, 4.69) is 15.6 Å². The van der Waals surface area contributed by atoms with Crippen LogP contribution in [0.3, 0.4) is 0 Å². The van der Waals surface area contributed by atoms with E-state index in [4.69, 9.17) is 0 Å². The summed E-state index contributed by atoms with van der Waals surface area (Å²) in [5.74, 6) is -1.44. The quantitative estimate of drug-likeness (QED) is 0.648. The highest BCUT2D eigenvalue weighted by atomic mass is 19.1. The van der Waals surface area contributed by atoms with Gasteiger partial charge in [0.15, 0.2) is 0 Å². The third-order valence-electron chi connectivity index (χ3n) is 3.85. The van der Waals surface area contributed by atoms with Crippen molar-refractivity contribution in [2.75, 3.05) is 10.6 Å². The Labute approximate surface area is 161 Å². The predicted octanol–water partition coefficient (Wildman–Crippen LogP) is 4.43. The molecule has 3 aromatic rings. The molecule has 2 aromatic carbocycles. The number of nitrogens with one attached hydrogen (secondary N) is 2. The molecule has 1 heterocycles. The summed E-state index contributed by atoms with van der Waals surface area (Å²) < 4.78 is 13.7. The number of carbonyl (C=O) groups is 2. The largest absolute Gasteiger partial charge is 0.321 e. The Morgan fingerprint density at radius 2 is 1.82 bits per heavy atom. The zero-order chi connectivity index (χ0) is 19.9. The molecule has 3 rings (SSSR count). The number of benzene rings is 2. The van der Waals surface area contributed by atoms with Gasteiger partial charge >= 0.3 is 0 Å². The minimum absolute atomic E-state index is 0.156. The first-order valence-electron chi connectivity index (χ1n) is 8.59. The van der Waals surface area contributed by atoms with Gasteiger partial charge in [0.05, 0.1) is 11.4 Å². The Hall–Kier alpha value is -3.80. The van der Waals surface area contributed by atoms with Gasteiger partial charge in [0.2, 0.25) is 5.91 Å². The average molecular weight is 375 g/mol. The van der Waals surface area contributed by atoms with Crippen LogP contribution >= 0.6 is 0 Å². The first kappa shape index (κ1) is 19.0. The molecule has 0 aliphatic rings. The normalized spacial score (nSPS) is 10.6. The summed E-state index contributed by atoms with van der Waals surface area (Å²) in [4.78, 5) is 28.5. The molecule has 0 unspecified atom stereocenters. The van der Waals surface area contributed by atoms with Crippen LogP contribution in [0.15, 0.2) is 72.9 Å². The SMILES string of the molecule is Cc1cccc(/C=C/C(=O)Nc2cc(F)ccc2NC(=O)c2ccccn2)c1. The number of hydrogen-bond donors (Lipinski definition) is 2. The van der Waals surface area contributed by atoms with E-state index in [1.807, 2.05) is 31.2 Å². The number of aromatic nitrogens is 1. The molecule has 0 fully saturated rings. The second-order valence-corrected chi connectivity index (χ2v) is 6.10. The lowest BCUT2D eigenvalue weighted by Gasteiger charge is -2.11. The molecule has 1 aromatic heterocycles. The van der Waals surface area contributed by atoms with Crippen molar-refractivity contribution in [3.63, 3.8) is 0 Å². The van der Waals surface area contributed by atoms with E-state index in [9.17, 15) is 14.0 Å². The van der Waals surface area contributed by atoms with Crippen LogP contribution in [0.4, 0.5) is 15.8 Å². The van der Waals surface area contributed by atoms with Gasteiger partial charge in [-0.2, -0.15) is 0 Å². The van der Waals surface area contributed by atoms with E-state index >= 15 is 0 Å². The number of pyridine rings is 1. The van der Waals surface area contributed by atoms with E-state index in [0.29, 0.717) is 0 Å². The van der Waals surface area contributed by atoms with Crippen LogP contribution in [-0.4, -0.2) is 16.8 Å². The second-order valence-electron chi connectivity index (χ2n) is 6.10. The van der Waals surface area contributed by atoms with Crippen LogP contribution in [0.25, 0.3) is 6.08 Å². The molecule has 0 spiro atoms. The topological polar surface area (TPSA) is 71.1 Å². The fourth-order valence-corrected chi connectivity index (χ4v) is 2.53. The van der Waals surface area contributed by atoms with Crippen molar-refractivity contribution < 1.29 is 14.0 Å². The van der Waals surface area contributed by atoms with E-state index in [1.165, 1.54) is 24.4 Å². The van der Waals surface area contributed by atoms with E-state index < -0.39 is 17.6 Å². The smallest absolute Gasteiger partial charge is 0.274 e. The summed E-state index contributed by atoms with van der Waals surface area (Å²) in [6, 6.07) is 16.3. The molecule has 0 bridgehead atoms. The molecule has 0 atom stereocenters. The fourth-order valence-electron chi connectivity index (χ4n) is 2.53. The Kier molecular flexibility index (Phi) is 5.91. The van der Waals surface area contributed by atoms with Crippen molar-refractivity contribution in [3.05, 3.63) is 95.6 Å². The molecule has 2 N–H and O–H groups in total. The minimum atomic E-state index is -0.534. The summed E-state index contributed by atoms with van der Waals surface area (Å²) in [5.41, 5.74) is 2.59. The summed E-state index contributed by atoms with van der Waals surface area (Å²) in [6.45, 7) is 1.96. The fraction of sp³-hybridized carbons (Fsp3) is 0.0455. The highest BCUT2D eigenvalue weighted by Gasteiger charge is 2.12. The van der Waals surface area contributed by atoms with Gasteiger partial charge in [0.1, 0.15) is 11.5 Å². The van der Waals surface area contributed by atoms with Crippen molar-refractivity contribution in [3.8, 4) is 0 Å². The van der Waals surface area contributed by atoms with Gasteiger partial charge in [-0.3, -0.25) is 14.6 Å². The Morgan fingerprint density at radius 3 is 2.57 bits per heavy atom. The molecule has 0 saturated carbocycles. The molecule has 140 valence electrons. The molecule has 0 radical (unpaired) electrons. The number of halogens is 1. The molecular weight excluding hydrogens is 357 g/mol. The molecule has 0 aliphatic carbocycles. The van der Waals surface area contributed by atoms with Crippen molar-refractivity contribution >= 4 is 29.3 Å². The van der Waals surface area contributed by atoms with Gasteiger partial charge in [0, 0.05) is 12.3 Å². The highest BCUT2D eigenvalue weighted by Crippen LogP contribution is 2.23. The summed E-state index contributed by atoms with van der Waals surface area (Å²) in [5, 5.41) is 5.23. The maximum atomic E-state index is 13.7. The molecule has 0 aliphatic heterocycles. The van der Waals surface area contributed by atoms with Gasteiger partial charge in [-0.05, 0) is 48.9 Å². The number of aryl methyl sites for hydroxylation is 1.